The zero-order chi connectivity index (χ0) is 19.4. The highest BCUT2D eigenvalue weighted by Crippen LogP contribution is 2.41. The van der Waals surface area contributed by atoms with Gasteiger partial charge in [-0.15, -0.1) is 0 Å². The van der Waals surface area contributed by atoms with E-state index in [4.69, 9.17) is 10.5 Å². The van der Waals surface area contributed by atoms with Gasteiger partial charge >= 0.3 is 0 Å². The fraction of sp³-hybridized carbons (Fsp3) is 0.182. The number of pyridine rings is 1. The second-order valence-corrected chi connectivity index (χ2v) is 6.89. The maximum Gasteiger partial charge on any atom is 0.142 e. The van der Waals surface area contributed by atoms with Crippen LogP contribution >= 0.6 is 15.9 Å². The van der Waals surface area contributed by atoms with Gasteiger partial charge in [-0.25, -0.2) is 4.98 Å². The van der Waals surface area contributed by atoms with E-state index in [0.29, 0.717) is 18.6 Å². The van der Waals surface area contributed by atoms with Crippen LogP contribution in [0.25, 0.3) is 22.4 Å². The summed E-state index contributed by atoms with van der Waals surface area (Å²) in [7, 11) is 0. The van der Waals surface area contributed by atoms with Crippen molar-refractivity contribution in [2.24, 2.45) is 0 Å². The summed E-state index contributed by atoms with van der Waals surface area (Å²) in [5, 5.41) is 9.81. The van der Waals surface area contributed by atoms with Crippen LogP contribution in [0.5, 0.6) is 5.75 Å². The van der Waals surface area contributed by atoms with Crippen LogP contribution in [0, 0.1) is 11.3 Å². The van der Waals surface area contributed by atoms with Crippen LogP contribution in [0.2, 0.25) is 0 Å². The summed E-state index contributed by atoms with van der Waals surface area (Å²) >= 11 is 3.53. The molecule has 0 bridgehead atoms. The fourth-order valence-electron chi connectivity index (χ4n) is 3.21. The van der Waals surface area contributed by atoms with Crippen LogP contribution in [0.4, 0.5) is 5.82 Å². The number of rotatable bonds is 5. The van der Waals surface area contributed by atoms with Crippen molar-refractivity contribution in [1.29, 1.82) is 5.26 Å². The van der Waals surface area contributed by atoms with Crippen LogP contribution in [-0.4, -0.2) is 11.6 Å². The molecule has 136 valence electrons. The molecule has 1 aromatic heterocycles. The van der Waals surface area contributed by atoms with Crippen LogP contribution in [0.1, 0.15) is 25.0 Å². The van der Waals surface area contributed by atoms with Crippen molar-refractivity contribution in [2.75, 3.05) is 12.3 Å². The van der Waals surface area contributed by atoms with Crippen molar-refractivity contribution in [3.63, 3.8) is 0 Å². The minimum absolute atomic E-state index is 0.228. The highest BCUT2D eigenvalue weighted by Gasteiger charge is 2.22. The second kappa shape index (κ2) is 8.24. The third-order valence-electron chi connectivity index (χ3n) is 4.35. The number of nitriles is 1. The van der Waals surface area contributed by atoms with Gasteiger partial charge in [0.15, 0.2) is 0 Å². The molecule has 2 N–H and O–H groups in total. The molecule has 0 radical (unpaired) electrons. The molecule has 2 aromatic carbocycles. The summed E-state index contributed by atoms with van der Waals surface area (Å²) in [6, 6.07) is 17.9. The molecule has 0 aliphatic rings. The topological polar surface area (TPSA) is 71.9 Å². The zero-order valence-electron chi connectivity index (χ0n) is 15.3. The van der Waals surface area contributed by atoms with Crippen LogP contribution < -0.4 is 10.5 Å². The van der Waals surface area contributed by atoms with E-state index in [0.717, 1.165) is 38.2 Å². The molecule has 0 atom stereocenters. The summed E-state index contributed by atoms with van der Waals surface area (Å²) in [4.78, 5) is 4.57. The van der Waals surface area contributed by atoms with Crippen molar-refractivity contribution in [2.45, 2.75) is 20.3 Å². The van der Waals surface area contributed by atoms with Crippen molar-refractivity contribution in [3.8, 4) is 34.2 Å². The fourth-order valence-corrected chi connectivity index (χ4v) is 3.57. The number of nitrogens with zero attached hydrogens (tertiary/aromatic N) is 2. The number of hydrogen-bond acceptors (Lipinski definition) is 4. The van der Waals surface area contributed by atoms with Gasteiger partial charge in [-0.05, 0) is 37.1 Å². The molecule has 0 fully saturated rings. The Morgan fingerprint density at radius 3 is 2.52 bits per heavy atom. The molecule has 0 amide bonds. The summed E-state index contributed by atoms with van der Waals surface area (Å²) < 4.78 is 6.75. The number of benzene rings is 2. The Labute approximate surface area is 167 Å². The lowest BCUT2D eigenvalue weighted by atomic mass is 9.90. The van der Waals surface area contributed by atoms with Gasteiger partial charge in [-0.3, -0.25) is 0 Å². The Balaban J connectivity index is 2.41. The number of ether oxygens (including phenoxy) is 1. The number of nitrogen functional groups attached to an aromatic ring is 1. The Bertz CT molecular complexity index is 1010. The zero-order valence-corrected chi connectivity index (χ0v) is 16.9. The van der Waals surface area contributed by atoms with Crippen molar-refractivity contribution >= 4 is 21.7 Å². The molecule has 0 aliphatic heterocycles. The lowest BCUT2D eigenvalue weighted by Gasteiger charge is -2.19. The smallest absolute Gasteiger partial charge is 0.142 e. The number of aromatic nitrogens is 1. The van der Waals surface area contributed by atoms with Gasteiger partial charge in [0.1, 0.15) is 23.2 Å². The van der Waals surface area contributed by atoms with E-state index in [1.165, 1.54) is 0 Å². The van der Waals surface area contributed by atoms with Crippen molar-refractivity contribution in [1.82, 2.24) is 4.98 Å². The van der Waals surface area contributed by atoms with Gasteiger partial charge in [0.05, 0.1) is 12.3 Å². The molecular formula is C22H20BrN3O. The van der Waals surface area contributed by atoms with Gasteiger partial charge in [-0.1, -0.05) is 53.2 Å². The lowest BCUT2D eigenvalue weighted by Crippen LogP contribution is -2.06. The standard InChI is InChI=1S/C22H20BrN3O/c1-3-16-20(17-12-15(23)10-11-19(17)27-4-2)18(13-24)22(25)26-21(16)14-8-6-5-7-9-14/h5-12H,3-4H2,1-2H3,(H2,25,26). The molecule has 5 heteroatoms. The van der Waals surface area contributed by atoms with Gasteiger partial charge in [0, 0.05) is 21.2 Å². The van der Waals surface area contributed by atoms with E-state index in [-0.39, 0.29) is 5.82 Å². The monoisotopic (exact) mass is 421 g/mol. The first-order chi connectivity index (χ1) is 13.1. The quantitative estimate of drug-likeness (QED) is 0.582. The number of anilines is 1. The van der Waals surface area contributed by atoms with Crippen molar-refractivity contribution in [3.05, 3.63) is 64.1 Å². The Hall–Kier alpha value is -2.84. The molecule has 3 aromatic rings. The second-order valence-electron chi connectivity index (χ2n) is 5.98. The van der Waals surface area contributed by atoms with E-state index in [1.54, 1.807) is 0 Å². The summed E-state index contributed by atoms with van der Waals surface area (Å²) in [5.41, 5.74) is 11.0. The minimum Gasteiger partial charge on any atom is -0.493 e. The third-order valence-corrected chi connectivity index (χ3v) is 4.84. The van der Waals surface area contributed by atoms with Gasteiger partial charge < -0.3 is 10.5 Å². The van der Waals surface area contributed by atoms with Gasteiger partial charge in [0.25, 0.3) is 0 Å². The molecule has 3 rings (SSSR count). The Morgan fingerprint density at radius 2 is 1.89 bits per heavy atom. The average molecular weight is 422 g/mol. The number of halogens is 1. The van der Waals surface area contributed by atoms with Gasteiger partial charge in [-0.2, -0.15) is 5.26 Å². The summed E-state index contributed by atoms with van der Waals surface area (Å²) in [6.45, 7) is 4.53. The first-order valence-corrected chi connectivity index (χ1v) is 9.60. The number of nitrogens with two attached hydrogens (primary N) is 1. The molecule has 0 saturated heterocycles. The molecule has 0 aliphatic carbocycles. The van der Waals surface area contributed by atoms with E-state index < -0.39 is 0 Å². The van der Waals surface area contributed by atoms with E-state index >= 15 is 0 Å². The molecule has 27 heavy (non-hydrogen) atoms. The normalized spacial score (nSPS) is 10.4. The predicted molar refractivity (Wildman–Crippen MR) is 112 cm³/mol. The molecule has 1 heterocycles. The highest BCUT2D eigenvalue weighted by atomic mass is 79.9. The number of hydrogen-bond donors (Lipinski definition) is 1. The summed E-state index contributed by atoms with van der Waals surface area (Å²) in [5.74, 6) is 0.947. The molecular weight excluding hydrogens is 402 g/mol. The lowest BCUT2D eigenvalue weighted by molar-refractivity contribution is 0.341. The van der Waals surface area contributed by atoms with E-state index in [1.807, 2.05) is 55.5 Å². The van der Waals surface area contributed by atoms with Crippen LogP contribution in [0.15, 0.2) is 53.0 Å². The summed E-state index contributed by atoms with van der Waals surface area (Å²) in [6.07, 6.45) is 0.708. The SMILES string of the molecule is CCOc1ccc(Br)cc1-c1c(C#N)c(N)nc(-c2ccccc2)c1CC. The average Bonchev–Trinajstić information content (AvgIpc) is 2.69. The Kier molecular flexibility index (Phi) is 5.78. The highest BCUT2D eigenvalue weighted by molar-refractivity contribution is 9.10. The third kappa shape index (κ3) is 3.67. The largest absolute Gasteiger partial charge is 0.493 e. The van der Waals surface area contributed by atoms with Gasteiger partial charge in [0.2, 0.25) is 0 Å². The molecule has 4 nitrogen and oxygen atoms in total. The van der Waals surface area contributed by atoms with E-state index in [2.05, 4.69) is 33.9 Å². The van der Waals surface area contributed by atoms with E-state index in [9.17, 15) is 5.26 Å². The molecule has 0 spiro atoms. The van der Waals surface area contributed by atoms with Crippen LogP contribution in [0.3, 0.4) is 0 Å². The maximum absolute atomic E-state index is 9.81. The van der Waals surface area contributed by atoms with Crippen LogP contribution in [-0.2, 0) is 6.42 Å². The maximum atomic E-state index is 9.81. The minimum atomic E-state index is 0.228. The first kappa shape index (κ1) is 18.9. The van der Waals surface area contributed by atoms with Crippen molar-refractivity contribution < 1.29 is 4.74 Å². The first-order valence-electron chi connectivity index (χ1n) is 8.81. The predicted octanol–water partition coefficient (Wildman–Crippen LogP) is 5.59. The Morgan fingerprint density at radius 1 is 1.15 bits per heavy atom. The molecule has 0 saturated carbocycles. The molecule has 0 unspecified atom stereocenters.